The summed E-state index contributed by atoms with van der Waals surface area (Å²) in [5, 5.41) is 9.73. The molecule has 0 spiro atoms. The largest absolute Gasteiger partial charge is 0.392 e. The first-order valence-electron chi connectivity index (χ1n) is 5.15. The summed E-state index contributed by atoms with van der Waals surface area (Å²) in [6, 6.07) is 2.52. The van der Waals surface area contributed by atoms with E-state index in [0.717, 1.165) is 0 Å². The van der Waals surface area contributed by atoms with Gasteiger partial charge in [0.05, 0.1) is 21.2 Å². The molecular weight excluding hydrogens is 321 g/mol. The van der Waals surface area contributed by atoms with Gasteiger partial charge in [-0.3, -0.25) is 0 Å². The van der Waals surface area contributed by atoms with E-state index in [9.17, 15) is 13.5 Å². The van der Waals surface area contributed by atoms with Crippen molar-refractivity contribution in [3.8, 4) is 0 Å². The maximum absolute atomic E-state index is 12.3. The third-order valence-corrected chi connectivity index (χ3v) is 5.77. The Morgan fingerprint density at radius 1 is 1.17 bits per heavy atom. The molecule has 0 aliphatic carbocycles. The van der Waals surface area contributed by atoms with Crippen molar-refractivity contribution < 1.29 is 13.5 Å². The van der Waals surface area contributed by atoms with Crippen LogP contribution in [-0.2, 0) is 10.0 Å². The third-order valence-electron chi connectivity index (χ3n) is 2.72. The number of halogens is 3. The van der Waals surface area contributed by atoms with Crippen LogP contribution in [0.5, 0.6) is 0 Å². The Labute approximate surface area is 120 Å². The molecule has 1 aliphatic rings. The van der Waals surface area contributed by atoms with Crippen molar-refractivity contribution in [1.29, 1.82) is 0 Å². The number of hydrogen-bond acceptors (Lipinski definition) is 3. The second kappa shape index (κ2) is 5.15. The number of β-amino-alcohol motifs (C(OH)–C–C–N with tert-alkyl or cyclic N) is 1. The first-order valence-corrected chi connectivity index (χ1v) is 7.72. The Kier molecular flexibility index (Phi) is 4.11. The predicted molar refractivity (Wildman–Crippen MR) is 70.9 cm³/mol. The second-order valence-corrected chi connectivity index (χ2v) is 7.13. The quantitative estimate of drug-likeness (QED) is 0.847. The molecule has 4 nitrogen and oxygen atoms in total. The topological polar surface area (TPSA) is 57.6 Å². The van der Waals surface area contributed by atoms with E-state index in [2.05, 4.69) is 0 Å². The molecule has 1 heterocycles. The lowest BCUT2D eigenvalue weighted by Crippen LogP contribution is -2.29. The lowest BCUT2D eigenvalue weighted by Gasteiger charge is -2.17. The predicted octanol–water partition coefficient (Wildman–Crippen LogP) is 2.40. The number of aliphatic hydroxyl groups excluding tert-OH is 1. The molecule has 1 fully saturated rings. The van der Waals surface area contributed by atoms with Gasteiger partial charge in [0.25, 0.3) is 0 Å². The molecule has 1 N–H and O–H groups in total. The minimum Gasteiger partial charge on any atom is -0.392 e. The van der Waals surface area contributed by atoms with Crippen LogP contribution >= 0.6 is 34.8 Å². The van der Waals surface area contributed by atoms with Gasteiger partial charge >= 0.3 is 0 Å². The number of rotatable bonds is 2. The number of hydrogen-bond donors (Lipinski definition) is 1. The van der Waals surface area contributed by atoms with Crippen LogP contribution in [0.2, 0.25) is 15.1 Å². The molecule has 0 bridgehead atoms. The van der Waals surface area contributed by atoms with Gasteiger partial charge in [0.2, 0.25) is 10.0 Å². The normalized spacial score (nSPS) is 21.4. The summed E-state index contributed by atoms with van der Waals surface area (Å²) in [5.74, 6) is 0. The molecule has 0 radical (unpaired) electrons. The van der Waals surface area contributed by atoms with Crippen molar-refractivity contribution in [2.45, 2.75) is 17.4 Å². The average molecular weight is 331 g/mol. The SMILES string of the molecule is O=S(=O)(c1cc(Cl)c(Cl)cc1Cl)N1CCC(O)C1. The van der Waals surface area contributed by atoms with Crippen LogP contribution in [0.1, 0.15) is 6.42 Å². The van der Waals surface area contributed by atoms with Crippen molar-refractivity contribution >= 4 is 44.8 Å². The lowest BCUT2D eigenvalue weighted by molar-refractivity contribution is 0.189. The molecule has 1 aromatic rings. The van der Waals surface area contributed by atoms with Gasteiger partial charge in [-0.05, 0) is 18.6 Å². The monoisotopic (exact) mass is 329 g/mol. The molecule has 1 saturated heterocycles. The second-order valence-electron chi connectivity index (χ2n) is 4.00. The lowest BCUT2D eigenvalue weighted by atomic mass is 10.3. The Bertz CT molecular complexity index is 576. The molecule has 1 unspecified atom stereocenters. The molecule has 1 atom stereocenters. The number of benzene rings is 1. The number of nitrogens with zero attached hydrogens (tertiary/aromatic N) is 1. The highest BCUT2D eigenvalue weighted by molar-refractivity contribution is 7.89. The van der Waals surface area contributed by atoms with E-state index in [0.29, 0.717) is 6.42 Å². The molecule has 2 rings (SSSR count). The summed E-state index contributed by atoms with van der Waals surface area (Å²) < 4.78 is 25.8. The van der Waals surface area contributed by atoms with Crippen LogP contribution in [0.25, 0.3) is 0 Å². The fraction of sp³-hybridized carbons (Fsp3) is 0.400. The molecule has 1 aromatic carbocycles. The minimum atomic E-state index is -3.74. The van der Waals surface area contributed by atoms with Crippen LogP contribution < -0.4 is 0 Å². The molecular formula is C10H10Cl3NO3S. The third kappa shape index (κ3) is 2.61. The maximum Gasteiger partial charge on any atom is 0.244 e. The van der Waals surface area contributed by atoms with Crippen LogP contribution in [0.15, 0.2) is 17.0 Å². The van der Waals surface area contributed by atoms with Crippen molar-refractivity contribution in [2.24, 2.45) is 0 Å². The van der Waals surface area contributed by atoms with Crippen LogP contribution in [0.3, 0.4) is 0 Å². The summed E-state index contributed by atoms with van der Waals surface area (Å²) in [5.41, 5.74) is 0. The summed E-state index contributed by atoms with van der Waals surface area (Å²) in [7, 11) is -3.74. The first-order chi connectivity index (χ1) is 8.32. The average Bonchev–Trinajstić information content (AvgIpc) is 2.70. The van der Waals surface area contributed by atoms with E-state index in [-0.39, 0.29) is 33.1 Å². The highest BCUT2D eigenvalue weighted by Crippen LogP contribution is 2.34. The smallest absolute Gasteiger partial charge is 0.244 e. The van der Waals surface area contributed by atoms with Crippen LogP contribution in [0.4, 0.5) is 0 Å². The summed E-state index contributed by atoms with van der Waals surface area (Å²) >= 11 is 17.4. The fourth-order valence-electron chi connectivity index (χ4n) is 1.77. The van der Waals surface area contributed by atoms with Gasteiger partial charge < -0.3 is 5.11 Å². The Morgan fingerprint density at radius 2 is 1.78 bits per heavy atom. The van der Waals surface area contributed by atoms with E-state index in [1.54, 1.807) is 0 Å². The van der Waals surface area contributed by atoms with E-state index in [1.165, 1.54) is 16.4 Å². The molecule has 8 heteroatoms. The zero-order chi connectivity index (χ0) is 13.5. The molecule has 18 heavy (non-hydrogen) atoms. The van der Waals surface area contributed by atoms with Crippen LogP contribution in [-0.4, -0.2) is 37.0 Å². The van der Waals surface area contributed by atoms with Gasteiger partial charge in [0, 0.05) is 13.1 Å². The molecule has 0 aromatic heterocycles. The van der Waals surface area contributed by atoms with Crippen molar-refractivity contribution in [3.05, 3.63) is 27.2 Å². The summed E-state index contributed by atoms with van der Waals surface area (Å²) in [6.45, 7) is 0.332. The van der Waals surface area contributed by atoms with E-state index >= 15 is 0 Å². The van der Waals surface area contributed by atoms with Crippen molar-refractivity contribution in [1.82, 2.24) is 4.31 Å². The van der Waals surface area contributed by atoms with E-state index < -0.39 is 16.1 Å². The van der Waals surface area contributed by atoms with E-state index in [4.69, 9.17) is 34.8 Å². The highest BCUT2D eigenvalue weighted by atomic mass is 35.5. The zero-order valence-electron chi connectivity index (χ0n) is 9.11. The summed E-state index contributed by atoms with van der Waals surface area (Å²) in [6.07, 6.45) is -0.223. The van der Waals surface area contributed by atoms with Crippen LogP contribution in [0, 0.1) is 0 Å². The van der Waals surface area contributed by atoms with Gasteiger partial charge in [0.1, 0.15) is 4.90 Å². The van der Waals surface area contributed by atoms with Crippen molar-refractivity contribution in [3.63, 3.8) is 0 Å². The Hall–Kier alpha value is -0.0400. The van der Waals surface area contributed by atoms with Gasteiger partial charge in [-0.1, -0.05) is 34.8 Å². The summed E-state index contributed by atoms with van der Waals surface area (Å²) in [4.78, 5) is -0.0901. The molecule has 1 aliphatic heterocycles. The molecule has 0 saturated carbocycles. The fourth-order valence-corrected chi connectivity index (χ4v) is 4.24. The standard InChI is InChI=1S/C10H10Cl3NO3S/c11-7-3-9(13)10(4-8(7)12)18(16,17)14-2-1-6(15)5-14/h3-4,6,15H,1-2,5H2. The molecule has 0 amide bonds. The highest BCUT2D eigenvalue weighted by Gasteiger charge is 2.33. The zero-order valence-corrected chi connectivity index (χ0v) is 12.2. The van der Waals surface area contributed by atoms with Gasteiger partial charge in [0.15, 0.2) is 0 Å². The number of aliphatic hydroxyl groups is 1. The minimum absolute atomic E-state index is 0.0192. The molecule has 100 valence electrons. The van der Waals surface area contributed by atoms with Gasteiger partial charge in [-0.25, -0.2) is 8.42 Å². The Morgan fingerprint density at radius 3 is 2.33 bits per heavy atom. The van der Waals surface area contributed by atoms with Gasteiger partial charge in [-0.15, -0.1) is 0 Å². The Balaban J connectivity index is 2.45. The number of sulfonamides is 1. The van der Waals surface area contributed by atoms with E-state index in [1.807, 2.05) is 0 Å². The van der Waals surface area contributed by atoms with Crippen molar-refractivity contribution in [2.75, 3.05) is 13.1 Å². The van der Waals surface area contributed by atoms with Gasteiger partial charge in [-0.2, -0.15) is 4.31 Å². The first kappa shape index (κ1) is 14.4. The maximum atomic E-state index is 12.3.